The van der Waals surface area contributed by atoms with Crippen molar-refractivity contribution in [3.8, 4) is 0 Å². The number of hydrogen-bond acceptors (Lipinski definition) is 2. The van der Waals surface area contributed by atoms with Gasteiger partial charge in [0.1, 0.15) is 0 Å². The monoisotopic (exact) mass is 153 g/mol. The Morgan fingerprint density at radius 2 is 2.36 bits per heavy atom. The van der Waals surface area contributed by atoms with E-state index in [1.54, 1.807) is 6.08 Å². The fourth-order valence-corrected chi connectivity index (χ4v) is 1.88. The number of nitrogens with zero attached hydrogens (tertiary/aromatic N) is 1. The van der Waals surface area contributed by atoms with Crippen molar-refractivity contribution in [1.29, 1.82) is 0 Å². The minimum absolute atomic E-state index is 0.681. The molecule has 2 nitrogen and oxygen atoms in total. The van der Waals surface area contributed by atoms with Crippen molar-refractivity contribution >= 4 is 6.08 Å². The van der Waals surface area contributed by atoms with Crippen LogP contribution in [-0.2, 0) is 4.79 Å². The van der Waals surface area contributed by atoms with Crippen molar-refractivity contribution in [2.45, 2.75) is 32.6 Å². The first kappa shape index (κ1) is 8.48. The second kappa shape index (κ2) is 4.30. The fraction of sp³-hybridized carbons (Fsp3) is 0.889. The van der Waals surface area contributed by atoms with Gasteiger partial charge < -0.3 is 0 Å². The second-order valence-electron chi connectivity index (χ2n) is 3.55. The lowest BCUT2D eigenvalue weighted by Crippen LogP contribution is -1.96. The van der Waals surface area contributed by atoms with Crippen LogP contribution in [-0.4, -0.2) is 12.6 Å². The van der Waals surface area contributed by atoms with Gasteiger partial charge in [-0.3, -0.25) is 0 Å². The summed E-state index contributed by atoms with van der Waals surface area (Å²) in [6.45, 7) is 2.98. The molecule has 1 rings (SSSR count). The molecule has 1 fully saturated rings. The van der Waals surface area contributed by atoms with Gasteiger partial charge in [0.25, 0.3) is 0 Å². The van der Waals surface area contributed by atoms with E-state index in [0.717, 1.165) is 18.3 Å². The Hall–Kier alpha value is -0.620. The smallest absolute Gasteiger partial charge is 0.211 e. The standard InChI is InChI=1S/C9H15NO/c1-8-2-3-9(6-8)4-5-10-7-11/h8-9H,2-6H2,1H3. The van der Waals surface area contributed by atoms with E-state index < -0.39 is 0 Å². The summed E-state index contributed by atoms with van der Waals surface area (Å²) in [5.41, 5.74) is 0. The Labute approximate surface area is 67.7 Å². The van der Waals surface area contributed by atoms with Crippen molar-refractivity contribution in [2.24, 2.45) is 16.8 Å². The molecule has 0 aromatic carbocycles. The van der Waals surface area contributed by atoms with Crippen LogP contribution in [0, 0.1) is 11.8 Å². The summed E-state index contributed by atoms with van der Waals surface area (Å²) in [5.74, 6) is 1.71. The zero-order valence-corrected chi connectivity index (χ0v) is 7.05. The van der Waals surface area contributed by atoms with Crippen LogP contribution >= 0.6 is 0 Å². The maximum Gasteiger partial charge on any atom is 0.234 e. The summed E-state index contributed by atoms with van der Waals surface area (Å²) in [4.78, 5) is 13.3. The third-order valence-electron chi connectivity index (χ3n) is 2.52. The molecule has 0 N–H and O–H groups in total. The van der Waals surface area contributed by atoms with Crippen LogP contribution in [0.1, 0.15) is 32.6 Å². The maximum absolute atomic E-state index is 9.75. The molecule has 0 saturated heterocycles. The largest absolute Gasteiger partial charge is 0.234 e. The van der Waals surface area contributed by atoms with E-state index in [1.165, 1.54) is 19.3 Å². The highest BCUT2D eigenvalue weighted by atomic mass is 16.1. The Morgan fingerprint density at radius 3 is 2.91 bits per heavy atom. The van der Waals surface area contributed by atoms with Crippen LogP contribution in [0.15, 0.2) is 4.99 Å². The summed E-state index contributed by atoms with van der Waals surface area (Å²) >= 11 is 0. The van der Waals surface area contributed by atoms with Gasteiger partial charge in [0.05, 0.1) is 6.54 Å². The molecule has 0 heterocycles. The highest BCUT2D eigenvalue weighted by Gasteiger charge is 2.20. The number of carbonyl (C=O) groups excluding carboxylic acids is 1. The topological polar surface area (TPSA) is 29.4 Å². The summed E-state index contributed by atoms with van der Waals surface area (Å²) in [5, 5.41) is 0. The van der Waals surface area contributed by atoms with E-state index in [4.69, 9.17) is 0 Å². The average molecular weight is 153 g/mol. The Balaban J connectivity index is 2.13. The van der Waals surface area contributed by atoms with Gasteiger partial charge in [0, 0.05) is 0 Å². The molecule has 1 saturated carbocycles. The summed E-state index contributed by atoms with van der Waals surface area (Å²) in [6, 6.07) is 0. The molecule has 0 aromatic rings. The molecule has 1 aliphatic rings. The van der Waals surface area contributed by atoms with Crippen molar-refractivity contribution in [1.82, 2.24) is 0 Å². The molecular formula is C9H15NO. The lowest BCUT2D eigenvalue weighted by atomic mass is 10.0. The first-order valence-corrected chi connectivity index (χ1v) is 4.36. The van der Waals surface area contributed by atoms with Gasteiger partial charge in [-0.1, -0.05) is 19.8 Å². The summed E-state index contributed by atoms with van der Waals surface area (Å²) in [6.07, 6.45) is 6.67. The van der Waals surface area contributed by atoms with Crippen molar-refractivity contribution in [3.05, 3.63) is 0 Å². The second-order valence-corrected chi connectivity index (χ2v) is 3.55. The maximum atomic E-state index is 9.75. The van der Waals surface area contributed by atoms with Gasteiger partial charge >= 0.3 is 0 Å². The van der Waals surface area contributed by atoms with Gasteiger partial charge in [0.15, 0.2) is 0 Å². The van der Waals surface area contributed by atoms with Crippen molar-refractivity contribution in [2.75, 3.05) is 6.54 Å². The number of hydrogen-bond donors (Lipinski definition) is 0. The van der Waals surface area contributed by atoms with E-state index in [9.17, 15) is 4.79 Å². The number of isocyanates is 1. The first-order valence-electron chi connectivity index (χ1n) is 4.36. The zero-order chi connectivity index (χ0) is 8.10. The third-order valence-corrected chi connectivity index (χ3v) is 2.52. The van der Waals surface area contributed by atoms with E-state index in [1.807, 2.05) is 0 Å². The molecule has 0 amide bonds. The van der Waals surface area contributed by atoms with Gasteiger partial charge in [-0.15, -0.1) is 0 Å². The molecule has 11 heavy (non-hydrogen) atoms. The Bertz CT molecular complexity index is 161. The molecule has 0 radical (unpaired) electrons. The van der Waals surface area contributed by atoms with E-state index >= 15 is 0 Å². The predicted octanol–water partition coefficient (Wildman–Crippen LogP) is 2.15. The number of rotatable bonds is 3. The molecule has 2 heteroatoms. The van der Waals surface area contributed by atoms with E-state index in [-0.39, 0.29) is 0 Å². The normalized spacial score (nSPS) is 29.9. The van der Waals surface area contributed by atoms with E-state index in [2.05, 4.69) is 11.9 Å². The summed E-state index contributed by atoms with van der Waals surface area (Å²) < 4.78 is 0. The SMILES string of the molecule is CC1CCC(CCN=C=O)C1. The molecule has 0 bridgehead atoms. The average Bonchev–Trinajstić information content (AvgIpc) is 2.37. The van der Waals surface area contributed by atoms with Crippen LogP contribution in [0.3, 0.4) is 0 Å². The lowest BCUT2D eigenvalue weighted by molar-refractivity contribution is 0.485. The minimum atomic E-state index is 0.681. The molecule has 0 aromatic heterocycles. The molecule has 1 aliphatic carbocycles. The molecule has 2 unspecified atom stereocenters. The lowest BCUT2D eigenvalue weighted by Gasteiger charge is -2.04. The Kier molecular flexibility index (Phi) is 3.31. The van der Waals surface area contributed by atoms with E-state index in [0.29, 0.717) is 6.54 Å². The minimum Gasteiger partial charge on any atom is -0.211 e. The quantitative estimate of drug-likeness (QED) is 0.451. The highest BCUT2D eigenvalue weighted by molar-refractivity contribution is 5.32. The van der Waals surface area contributed by atoms with Crippen LogP contribution in [0.5, 0.6) is 0 Å². The molecule has 0 aliphatic heterocycles. The highest BCUT2D eigenvalue weighted by Crippen LogP contribution is 2.32. The van der Waals surface area contributed by atoms with Gasteiger partial charge in [-0.25, -0.2) is 9.79 Å². The van der Waals surface area contributed by atoms with Gasteiger partial charge in [-0.05, 0) is 24.7 Å². The Morgan fingerprint density at radius 1 is 1.55 bits per heavy atom. The molecule has 62 valence electrons. The van der Waals surface area contributed by atoms with Gasteiger partial charge in [0.2, 0.25) is 6.08 Å². The number of aliphatic imine (C=N–C) groups is 1. The predicted molar refractivity (Wildman–Crippen MR) is 44.1 cm³/mol. The third kappa shape index (κ3) is 2.85. The first-order chi connectivity index (χ1) is 5.33. The van der Waals surface area contributed by atoms with Crippen LogP contribution < -0.4 is 0 Å². The fourth-order valence-electron chi connectivity index (χ4n) is 1.88. The van der Waals surface area contributed by atoms with Crippen LogP contribution in [0.2, 0.25) is 0 Å². The summed E-state index contributed by atoms with van der Waals surface area (Å²) in [7, 11) is 0. The van der Waals surface area contributed by atoms with Crippen molar-refractivity contribution < 1.29 is 4.79 Å². The molecule has 0 spiro atoms. The van der Waals surface area contributed by atoms with Crippen LogP contribution in [0.25, 0.3) is 0 Å². The van der Waals surface area contributed by atoms with Crippen LogP contribution in [0.4, 0.5) is 0 Å². The van der Waals surface area contributed by atoms with Crippen molar-refractivity contribution in [3.63, 3.8) is 0 Å². The molecular weight excluding hydrogens is 138 g/mol. The molecule has 2 atom stereocenters. The zero-order valence-electron chi connectivity index (χ0n) is 7.05. The van der Waals surface area contributed by atoms with Gasteiger partial charge in [-0.2, -0.15) is 0 Å².